The second-order valence-electron chi connectivity index (χ2n) is 6.93. The molecule has 2 aromatic rings. The van der Waals surface area contributed by atoms with Gasteiger partial charge in [0.1, 0.15) is 6.04 Å². The van der Waals surface area contributed by atoms with Crippen molar-refractivity contribution in [1.29, 1.82) is 0 Å². The summed E-state index contributed by atoms with van der Waals surface area (Å²) >= 11 is 0. The smallest absolute Gasteiger partial charge is 0.407 e. The fourth-order valence-electron chi connectivity index (χ4n) is 2.29. The van der Waals surface area contributed by atoms with E-state index < -0.39 is 23.9 Å². The number of rotatable bonds is 9. The lowest BCUT2D eigenvalue weighted by Crippen LogP contribution is -2.46. The number of primary amides is 1. The molecule has 1 atom stereocenters. The molecule has 0 unspecified atom stereocenters. The number of anilines is 1. The van der Waals surface area contributed by atoms with Gasteiger partial charge in [-0.3, -0.25) is 9.59 Å². The Morgan fingerprint density at radius 2 is 1.57 bits per heavy atom. The summed E-state index contributed by atoms with van der Waals surface area (Å²) in [5.41, 5.74) is 6.97. The summed E-state index contributed by atoms with van der Waals surface area (Å²) in [6, 6.07) is 14.7. The Balaban J connectivity index is 1.97. The molecule has 9 heteroatoms. The van der Waals surface area contributed by atoms with Gasteiger partial charge >= 0.3 is 6.09 Å². The Hall–Kier alpha value is -3.75. The zero-order valence-electron chi connectivity index (χ0n) is 16.9. The molecule has 0 aliphatic carbocycles. The molecule has 0 saturated carbocycles. The van der Waals surface area contributed by atoms with Crippen LogP contribution in [-0.4, -0.2) is 30.6 Å². The van der Waals surface area contributed by atoms with Gasteiger partial charge in [-0.15, -0.1) is 0 Å². The van der Waals surface area contributed by atoms with Gasteiger partial charge in [-0.1, -0.05) is 32.0 Å². The quantitative estimate of drug-likeness (QED) is 0.542. The lowest BCUT2D eigenvalue weighted by Gasteiger charge is -2.17. The summed E-state index contributed by atoms with van der Waals surface area (Å²) in [5, 5.41) is 13.2. The zero-order chi connectivity index (χ0) is 21.9. The number of nitrogens with one attached hydrogen (secondary N) is 2. The minimum atomic E-state index is -1.15. The number of alkyl carbamates (subject to hydrolysis) is 1. The number of azo groups is 1. The second-order valence-corrected chi connectivity index (χ2v) is 6.93. The Kier molecular flexibility index (Phi) is 8.49. The molecule has 2 aromatic carbocycles. The Morgan fingerprint density at radius 1 is 0.967 bits per heavy atom. The van der Waals surface area contributed by atoms with Crippen LogP contribution >= 0.6 is 0 Å². The number of ether oxygens (including phenoxy) is 1. The van der Waals surface area contributed by atoms with Crippen molar-refractivity contribution in [2.45, 2.75) is 26.3 Å². The first-order chi connectivity index (χ1) is 14.3. The van der Waals surface area contributed by atoms with Crippen LogP contribution in [-0.2, 0) is 14.3 Å². The van der Waals surface area contributed by atoms with Crippen LogP contribution in [0.4, 0.5) is 21.9 Å². The zero-order valence-corrected chi connectivity index (χ0v) is 16.9. The van der Waals surface area contributed by atoms with Crippen molar-refractivity contribution in [3.05, 3.63) is 54.6 Å². The SMILES string of the molecule is CC(C)COC(=O)N[C@H](CC(N)=O)C(=O)Nc1ccc(N=Nc2ccccc2)cc1. The highest BCUT2D eigenvalue weighted by Crippen LogP contribution is 2.20. The van der Waals surface area contributed by atoms with E-state index in [1.54, 1.807) is 24.3 Å². The molecule has 0 aliphatic heterocycles. The molecular formula is C21H25N5O4. The van der Waals surface area contributed by atoms with Gasteiger partial charge < -0.3 is 21.1 Å². The van der Waals surface area contributed by atoms with Crippen molar-refractivity contribution in [3.63, 3.8) is 0 Å². The van der Waals surface area contributed by atoms with Crippen molar-refractivity contribution in [1.82, 2.24) is 5.32 Å². The molecule has 2 rings (SSSR count). The van der Waals surface area contributed by atoms with Gasteiger partial charge in [-0.2, -0.15) is 10.2 Å². The van der Waals surface area contributed by atoms with E-state index in [0.29, 0.717) is 11.4 Å². The van der Waals surface area contributed by atoms with Gasteiger partial charge in [-0.25, -0.2) is 4.79 Å². The van der Waals surface area contributed by atoms with Gasteiger partial charge in [-0.05, 0) is 42.3 Å². The molecule has 0 heterocycles. The van der Waals surface area contributed by atoms with Crippen LogP contribution in [0.2, 0.25) is 0 Å². The molecule has 9 nitrogen and oxygen atoms in total. The van der Waals surface area contributed by atoms with Crippen LogP contribution in [0, 0.1) is 5.92 Å². The number of nitrogens with two attached hydrogens (primary N) is 1. The highest BCUT2D eigenvalue weighted by atomic mass is 16.5. The van der Waals surface area contributed by atoms with E-state index in [0.717, 1.165) is 5.69 Å². The normalized spacial score (nSPS) is 11.8. The summed E-state index contributed by atoms with van der Waals surface area (Å²) in [5.74, 6) is -1.18. The van der Waals surface area contributed by atoms with E-state index >= 15 is 0 Å². The number of carbonyl (C=O) groups excluding carboxylic acids is 3. The molecule has 0 aromatic heterocycles. The Morgan fingerprint density at radius 3 is 2.13 bits per heavy atom. The minimum Gasteiger partial charge on any atom is -0.449 e. The first-order valence-corrected chi connectivity index (χ1v) is 9.43. The third-order valence-electron chi connectivity index (χ3n) is 3.73. The molecule has 0 radical (unpaired) electrons. The summed E-state index contributed by atoms with van der Waals surface area (Å²) in [4.78, 5) is 35.6. The molecule has 3 amide bonds. The lowest BCUT2D eigenvalue weighted by atomic mass is 10.1. The van der Waals surface area contributed by atoms with Crippen molar-refractivity contribution < 1.29 is 19.1 Å². The number of carbonyl (C=O) groups is 3. The fraction of sp³-hybridized carbons (Fsp3) is 0.286. The monoisotopic (exact) mass is 411 g/mol. The van der Waals surface area contributed by atoms with Gasteiger partial charge in [0.25, 0.3) is 0 Å². The van der Waals surface area contributed by atoms with Crippen LogP contribution in [0.1, 0.15) is 20.3 Å². The minimum absolute atomic E-state index is 0.136. The standard InChI is InChI=1S/C21H25N5O4/c1-14(2)13-30-21(29)24-18(12-19(22)27)20(28)23-15-8-10-17(11-9-15)26-25-16-6-4-3-5-7-16/h3-11,14,18H,12-13H2,1-2H3,(H2,22,27)(H,23,28)(H,24,29)/t18-/m1/s1. The highest BCUT2D eigenvalue weighted by Gasteiger charge is 2.24. The highest BCUT2D eigenvalue weighted by molar-refractivity contribution is 5.99. The summed E-state index contributed by atoms with van der Waals surface area (Å²) in [7, 11) is 0. The molecule has 0 saturated heterocycles. The average molecular weight is 411 g/mol. The molecular weight excluding hydrogens is 386 g/mol. The lowest BCUT2D eigenvalue weighted by molar-refractivity contribution is -0.123. The molecule has 0 fully saturated rings. The number of hydrogen-bond acceptors (Lipinski definition) is 6. The molecule has 0 spiro atoms. The first-order valence-electron chi connectivity index (χ1n) is 9.43. The largest absolute Gasteiger partial charge is 0.449 e. The van der Waals surface area contributed by atoms with Gasteiger partial charge in [0.2, 0.25) is 11.8 Å². The maximum atomic E-state index is 12.5. The van der Waals surface area contributed by atoms with Crippen molar-refractivity contribution in [3.8, 4) is 0 Å². The average Bonchev–Trinajstić information content (AvgIpc) is 2.71. The van der Waals surface area contributed by atoms with Crippen LogP contribution < -0.4 is 16.4 Å². The van der Waals surface area contributed by atoms with Crippen molar-refractivity contribution >= 4 is 35.0 Å². The van der Waals surface area contributed by atoms with E-state index in [1.165, 1.54) is 0 Å². The van der Waals surface area contributed by atoms with Crippen LogP contribution in [0.25, 0.3) is 0 Å². The number of benzene rings is 2. The third-order valence-corrected chi connectivity index (χ3v) is 3.73. The third kappa shape index (κ3) is 8.09. The van der Waals surface area contributed by atoms with Gasteiger partial charge in [0.15, 0.2) is 0 Å². The van der Waals surface area contributed by atoms with Gasteiger partial charge in [0.05, 0.1) is 24.4 Å². The van der Waals surface area contributed by atoms with E-state index in [1.807, 2.05) is 44.2 Å². The predicted octanol–water partition coefficient (Wildman–Crippen LogP) is 3.67. The summed E-state index contributed by atoms with van der Waals surface area (Å²) in [6.07, 6.45) is -1.15. The molecule has 0 aliphatic rings. The Labute approximate surface area is 174 Å². The van der Waals surface area contributed by atoms with Crippen LogP contribution in [0.3, 0.4) is 0 Å². The second kappa shape index (κ2) is 11.3. The maximum Gasteiger partial charge on any atom is 0.407 e. The van der Waals surface area contributed by atoms with Crippen LogP contribution in [0.5, 0.6) is 0 Å². The molecule has 0 bridgehead atoms. The van der Waals surface area contributed by atoms with Crippen molar-refractivity contribution in [2.24, 2.45) is 21.9 Å². The molecule has 4 N–H and O–H groups in total. The maximum absolute atomic E-state index is 12.5. The van der Waals surface area contributed by atoms with Crippen LogP contribution in [0.15, 0.2) is 64.8 Å². The van der Waals surface area contributed by atoms with Crippen molar-refractivity contribution in [2.75, 3.05) is 11.9 Å². The topological polar surface area (TPSA) is 135 Å². The van der Waals surface area contributed by atoms with Gasteiger partial charge in [0, 0.05) is 5.69 Å². The van der Waals surface area contributed by atoms with E-state index in [4.69, 9.17) is 10.5 Å². The fourth-order valence-corrected chi connectivity index (χ4v) is 2.29. The number of nitrogens with zero attached hydrogens (tertiary/aromatic N) is 2. The van der Waals surface area contributed by atoms with E-state index in [-0.39, 0.29) is 18.9 Å². The van der Waals surface area contributed by atoms with E-state index in [2.05, 4.69) is 20.9 Å². The molecule has 158 valence electrons. The Bertz CT molecular complexity index is 882. The summed E-state index contributed by atoms with van der Waals surface area (Å²) < 4.78 is 4.99. The first kappa shape index (κ1) is 22.5. The van der Waals surface area contributed by atoms with E-state index in [9.17, 15) is 14.4 Å². The number of amides is 3. The molecule has 30 heavy (non-hydrogen) atoms. The predicted molar refractivity (Wildman–Crippen MR) is 113 cm³/mol. The number of hydrogen-bond donors (Lipinski definition) is 3. The summed E-state index contributed by atoms with van der Waals surface area (Å²) in [6.45, 7) is 3.95.